The van der Waals surface area contributed by atoms with Gasteiger partial charge in [-0.25, -0.2) is 8.78 Å². The van der Waals surface area contributed by atoms with Gasteiger partial charge in [-0.15, -0.1) is 0 Å². The first-order valence-corrected chi connectivity index (χ1v) is 6.74. The van der Waals surface area contributed by atoms with Gasteiger partial charge in [0.2, 0.25) is 0 Å². The fourth-order valence-electron chi connectivity index (χ4n) is 3.21. The molecule has 1 aromatic rings. The first-order chi connectivity index (χ1) is 8.97. The average molecular weight is 269 g/mol. The predicted molar refractivity (Wildman–Crippen MR) is 70.8 cm³/mol. The molecule has 0 bridgehead atoms. The van der Waals surface area contributed by atoms with E-state index in [0.29, 0.717) is 0 Å². The molecule has 1 aromatic carbocycles. The van der Waals surface area contributed by atoms with Crippen LogP contribution in [0.3, 0.4) is 0 Å². The molecule has 1 heterocycles. The summed E-state index contributed by atoms with van der Waals surface area (Å²) in [6.45, 7) is 6.04. The van der Waals surface area contributed by atoms with Crippen LogP contribution in [0.5, 0.6) is 0 Å². The maximum absolute atomic E-state index is 14.0. The first kappa shape index (κ1) is 14.4. The van der Waals surface area contributed by atoms with Crippen LogP contribution < -0.4 is 5.32 Å². The Labute approximate surface area is 113 Å². The molecule has 4 heteroatoms. The normalized spacial score (nSPS) is 32.5. The Bertz CT molecular complexity index is 432. The van der Waals surface area contributed by atoms with Crippen LogP contribution in [-0.2, 0) is 4.74 Å². The molecule has 5 atom stereocenters. The molecule has 1 fully saturated rings. The topological polar surface area (TPSA) is 21.3 Å². The number of nitrogens with one attached hydrogen (secondary N) is 1. The molecular formula is C15H21F2NO. The predicted octanol–water partition coefficient (Wildman–Crippen LogP) is 3.28. The molecule has 0 aliphatic carbocycles. The molecule has 1 aliphatic heterocycles. The van der Waals surface area contributed by atoms with Crippen molar-refractivity contribution >= 4 is 0 Å². The SMILES string of the molecule is CNC(c1c(F)cccc1F)C1C(C)OC(C)C1C. The summed E-state index contributed by atoms with van der Waals surface area (Å²) in [5, 5.41) is 3.06. The molecule has 19 heavy (non-hydrogen) atoms. The van der Waals surface area contributed by atoms with E-state index in [1.807, 2.05) is 13.8 Å². The second kappa shape index (κ2) is 5.55. The maximum Gasteiger partial charge on any atom is 0.130 e. The maximum atomic E-state index is 14.0. The fourth-order valence-corrected chi connectivity index (χ4v) is 3.21. The van der Waals surface area contributed by atoms with Crippen molar-refractivity contribution < 1.29 is 13.5 Å². The van der Waals surface area contributed by atoms with Crippen LogP contribution in [0.25, 0.3) is 0 Å². The van der Waals surface area contributed by atoms with Gasteiger partial charge >= 0.3 is 0 Å². The van der Waals surface area contributed by atoms with Crippen LogP contribution in [0.2, 0.25) is 0 Å². The Kier molecular flexibility index (Phi) is 4.21. The van der Waals surface area contributed by atoms with Crippen LogP contribution in [0.1, 0.15) is 32.4 Å². The van der Waals surface area contributed by atoms with Crippen molar-refractivity contribution in [3.63, 3.8) is 0 Å². The first-order valence-electron chi connectivity index (χ1n) is 6.74. The molecule has 0 saturated carbocycles. The Morgan fingerprint density at radius 1 is 1.11 bits per heavy atom. The Balaban J connectivity index is 2.40. The van der Waals surface area contributed by atoms with Gasteiger partial charge in [-0.1, -0.05) is 13.0 Å². The highest BCUT2D eigenvalue weighted by Crippen LogP contribution is 2.41. The van der Waals surface area contributed by atoms with Crippen molar-refractivity contribution in [3.8, 4) is 0 Å². The lowest BCUT2D eigenvalue weighted by Crippen LogP contribution is -2.34. The van der Waals surface area contributed by atoms with Gasteiger partial charge in [0.1, 0.15) is 11.6 Å². The highest BCUT2D eigenvalue weighted by molar-refractivity contribution is 5.25. The van der Waals surface area contributed by atoms with E-state index in [-0.39, 0.29) is 35.6 Å². The minimum atomic E-state index is -0.502. The molecule has 2 rings (SSSR count). The summed E-state index contributed by atoms with van der Waals surface area (Å²) in [6, 6.07) is 3.62. The summed E-state index contributed by atoms with van der Waals surface area (Å²) in [6.07, 6.45) is 0.0761. The van der Waals surface area contributed by atoms with E-state index in [4.69, 9.17) is 4.74 Å². The van der Waals surface area contributed by atoms with Crippen molar-refractivity contribution in [3.05, 3.63) is 35.4 Å². The van der Waals surface area contributed by atoms with E-state index in [9.17, 15) is 8.78 Å². The zero-order valence-electron chi connectivity index (χ0n) is 11.8. The van der Waals surface area contributed by atoms with Crippen molar-refractivity contribution in [1.29, 1.82) is 0 Å². The molecule has 0 spiro atoms. The third kappa shape index (κ3) is 2.51. The van der Waals surface area contributed by atoms with Crippen LogP contribution >= 0.6 is 0 Å². The number of rotatable bonds is 3. The van der Waals surface area contributed by atoms with E-state index in [2.05, 4.69) is 12.2 Å². The lowest BCUT2D eigenvalue weighted by Gasteiger charge is -2.29. The Hall–Kier alpha value is -1.00. The zero-order chi connectivity index (χ0) is 14.2. The Morgan fingerprint density at radius 2 is 1.68 bits per heavy atom. The number of hydrogen-bond donors (Lipinski definition) is 1. The van der Waals surface area contributed by atoms with Crippen molar-refractivity contribution in [2.75, 3.05) is 7.05 Å². The summed E-state index contributed by atoms with van der Waals surface area (Å²) in [5.41, 5.74) is 0.117. The van der Waals surface area contributed by atoms with Gasteiger partial charge in [0.25, 0.3) is 0 Å². The lowest BCUT2D eigenvalue weighted by atomic mass is 9.80. The lowest BCUT2D eigenvalue weighted by molar-refractivity contribution is 0.0475. The van der Waals surface area contributed by atoms with E-state index < -0.39 is 11.6 Å². The third-order valence-corrected chi connectivity index (χ3v) is 4.33. The number of ether oxygens (including phenoxy) is 1. The molecule has 106 valence electrons. The van der Waals surface area contributed by atoms with Crippen LogP contribution in [0, 0.1) is 23.5 Å². The van der Waals surface area contributed by atoms with E-state index >= 15 is 0 Å². The average Bonchev–Trinajstić information content (AvgIpc) is 2.59. The van der Waals surface area contributed by atoms with Crippen LogP contribution in [0.15, 0.2) is 18.2 Å². The molecule has 0 aromatic heterocycles. The summed E-state index contributed by atoms with van der Waals surface area (Å²) in [7, 11) is 1.74. The van der Waals surface area contributed by atoms with Gasteiger partial charge in [-0.3, -0.25) is 0 Å². The standard InChI is InChI=1S/C15H21F2NO/c1-8-9(2)19-10(3)13(8)15(18-4)14-11(16)6-5-7-12(14)17/h5-10,13,15,18H,1-4H3. The van der Waals surface area contributed by atoms with Crippen molar-refractivity contribution in [2.24, 2.45) is 11.8 Å². The largest absolute Gasteiger partial charge is 0.375 e. The van der Waals surface area contributed by atoms with Gasteiger partial charge in [-0.2, -0.15) is 0 Å². The quantitative estimate of drug-likeness (QED) is 0.909. The molecule has 1 N–H and O–H groups in total. The summed E-state index contributed by atoms with van der Waals surface area (Å²) >= 11 is 0. The number of halogens is 2. The molecule has 2 nitrogen and oxygen atoms in total. The molecule has 0 radical (unpaired) electrons. The molecule has 1 aliphatic rings. The van der Waals surface area contributed by atoms with E-state index in [0.717, 1.165) is 0 Å². The van der Waals surface area contributed by atoms with Crippen molar-refractivity contribution in [2.45, 2.75) is 39.0 Å². The van der Waals surface area contributed by atoms with Gasteiger partial charge in [-0.05, 0) is 38.9 Å². The highest BCUT2D eigenvalue weighted by atomic mass is 19.1. The second-order valence-electron chi connectivity index (χ2n) is 5.38. The van der Waals surface area contributed by atoms with E-state index in [1.165, 1.54) is 18.2 Å². The highest BCUT2D eigenvalue weighted by Gasteiger charge is 2.43. The van der Waals surface area contributed by atoms with Crippen LogP contribution in [-0.4, -0.2) is 19.3 Å². The van der Waals surface area contributed by atoms with Gasteiger partial charge in [0.15, 0.2) is 0 Å². The monoisotopic (exact) mass is 269 g/mol. The fraction of sp³-hybridized carbons (Fsp3) is 0.600. The summed E-state index contributed by atoms with van der Waals surface area (Å²) in [5.74, 6) is -0.713. The molecule has 5 unspecified atom stereocenters. The summed E-state index contributed by atoms with van der Waals surface area (Å²) < 4.78 is 33.7. The number of hydrogen-bond acceptors (Lipinski definition) is 2. The molecular weight excluding hydrogens is 248 g/mol. The third-order valence-electron chi connectivity index (χ3n) is 4.33. The van der Waals surface area contributed by atoms with Gasteiger partial charge in [0.05, 0.1) is 12.2 Å². The van der Waals surface area contributed by atoms with Crippen LogP contribution in [0.4, 0.5) is 8.78 Å². The van der Waals surface area contributed by atoms with E-state index in [1.54, 1.807) is 7.05 Å². The number of benzene rings is 1. The minimum absolute atomic E-state index is 0.0264. The molecule has 1 saturated heterocycles. The smallest absolute Gasteiger partial charge is 0.130 e. The second-order valence-corrected chi connectivity index (χ2v) is 5.38. The van der Waals surface area contributed by atoms with Gasteiger partial charge in [0, 0.05) is 17.5 Å². The van der Waals surface area contributed by atoms with Crippen molar-refractivity contribution in [1.82, 2.24) is 5.32 Å². The zero-order valence-corrected chi connectivity index (χ0v) is 11.8. The summed E-state index contributed by atoms with van der Waals surface area (Å²) in [4.78, 5) is 0. The van der Waals surface area contributed by atoms with Gasteiger partial charge < -0.3 is 10.1 Å². The molecule has 0 amide bonds. The Morgan fingerprint density at radius 3 is 2.11 bits per heavy atom. The minimum Gasteiger partial charge on any atom is -0.375 e.